The summed E-state index contributed by atoms with van der Waals surface area (Å²) in [5, 5.41) is 9.58. The Kier molecular flexibility index (Phi) is 5.80. The summed E-state index contributed by atoms with van der Waals surface area (Å²) in [5.74, 6) is 0.472. The van der Waals surface area contributed by atoms with E-state index in [9.17, 15) is 14.9 Å². The third-order valence-electron chi connectivity index (χ3n) is 5.11. The number of furan rings is 1. The first-order chi connectivity index (χ1) is 15.4. The number of amides is 2. The van der Waals surface area contributed by atoms with Crippen molar-refractivity contribution in [3.05, 3.63) is 87.6 Å². The van der Waals surface area contributed by atoms with E-state index >= 15 is 0 Å². The molecule has 32 heavy (non-hydrogen) atoms. The highest BCUT2D eigenvalue weighted by Crippen LogP contribution is 2.32. The Morgan fingerprint density at radius 3 is 2.31 bits per heavy atom. The summed E-state index contributed by atoms with van der Waals surface area (Å²) in [6.45, 7) is 1.59. The van der Waals surface area contributed by atoms with Crippen LogP contribution in [0.4, 0.5) is 5.69 Å². The molecule has 0 unspecified atom stereocenters. The molecule has 0 radical (unpaired) electrons. The van der Waals surface area contributed by atoms with Crippen LogP contribution in [0, 0.1) is 11.3 Å². The first kappa shape index (κ1) is 21.3. The minimum absolute atomic E-state index is 0.0913. The van der Waals surface area contributed by atoms with Gasteiger partial charge >= 0.3 is 0 Å². The van der Waals surface area contributed by atoms with Crippen molar-refractivity contribution in [3.8, 4) is 23.1 Å². The molecule has 7 heteroatoms. The van der Waals surface area contributed by atoms with Gasteiger partial charge in [-0.2, -0.15) is 5.26 Å². The molecular weight excluding hydrogens is 472 g/mol. The van der Waals surface area contributed by atoms with E-state index in [1.54, 1.807) is 49.4 Å². The van der Waals surface area contributed by atoms with Crippen LogP contribution in [0.2, 0.25) is 0 Å². The molecule has 0 bridgehead atoms. The highest BCUT2D eigenvalue weighted by molar-refractivity contribution is 9.10. The first-order valence-corrected chi connectivity index (χ1v) is 10.4. The van der Waals surface area contributed by atoms with E-state index in [0.29, 0.717) is 28.5 Å². The molecule has 2 amide bonds. The monoisotopic (exact) mass is 488 g/mol. The molecule has 0 spiro atoms. The number of methoxy groups -OCH3 is 1. The van der Waals surface area contributed by atoms with Crippen LogP contribution >= 0.6 is 15.9 Å². The molecule has 3 aromatic rings. The lowest BCUT2D eigenvalue weighted by Gasteiger charge is -2.27. The largest absolute Gasteiger partial charge is 0.497 e. The minimum atomic E-state index is -0.660. The fourth-order valence-corrected chi connectivity index (χ4v) is 3.65. The number of imide groups is 1. The number of anilines is 1. The van der Waals surface area contributed by atoms with Crippen molar-refractivity contribution >= 4 is 39.5 Å². The number of nitriles is 1. The zero-order valence-corrected chi connectivity index (χ0v) is 18.8. The van der Waals surface area contributed by atoms with Crippen molar-refractivity contribution in [1.82, 2.24) is 0 Å². The van der Waals surface area contributed by atoms with Gasteiger partial charge in [-0.25, -0.2) is 4.90 Å². The molecule has 2 heterocycles. The number of rotatable bonds is 4. The number of hydrogen-bond donors (Lipinski definition) is 0. The molecule has 1 aromatic heterocycles. The zero-order valence-electron chi connectivity index (χ0n) is 17.3. The first-order valence-electron chi connectivity index (χ1n) is 9.64. The highest BCUT2D eigenvalue weighted by atomic mass is 79.9. The maximum Gasteiger partial charge on any atom is 0.276 e. The second kappa shape index (κ2) is 8.69. The summed E-state index contributed by atoms with van der Waals surface area (Å²) < 4.78 is 12.0. The molecule has 0 aliphatic carbocycles. The Labute approximate surface area is 193 Å². The molecule has 0 saturated carbocycles. The van der Waals surface area contributed by atoms with Gasteiger partial charge in [0.1, 0.15) is 28.9 Å². The van der Waals surface area contributed by atoms with E-state index in [4.69, 9.17) is 9.15 Å². The Balaban J connectivity index is 1.75. The van der Waals surface area contributed by atoms with Crippen molar-refractivity contribution in [2.75, 3.05) is 12.0 Å². The molecule has 0 fully saturated rings. The molecule has 0 atom stereocenters. The molecule has 1 aliphatic rings. The fraction of sp³-hybridized carbons (Fsp3) is 0.0800. The van der Waals surface area contributed by atoms with Crippen LogP contribution in [-0.2, 0) is 9.59 Å². The number of hydrogen-bond acceptors (Lipinski definition) is 5. The number of ether oxygens (including phenoxy) is 1. The van der Waals surface area contributed by atoms with Gasteiger partial charge in [0, 0.05) is 15.6 Å². The lowest BCUT2D eigenvalue weighted by molar-refractivity contribution is -0.122. The maximum absolute atomic E-state index is 13.3. The number of carbonyl (C=O) groups is 2. The smallest absolute Gasteiger partial charge is 0.276 e. The van der Waals surface area contributed by atoms with Crippen molar-refractivity contribution in [2.45, 2.75) is 6.92 Å². The number of nitrogens with zero attached hydrogens (tertiary/aromatic N) is 2. The number of benzene rings is 2. The van der Waals surface area contributed by atoms with Gasteiger partial charge in [-0.15, -0.1) is 0 Å². The summed E-state index contributed by atoms with van der Waals surface area (Å²) >= 11 is 3.40. The van der Waals surface area contributed by atoms with E-state index < -0.39 is 11.8 Å². The van der Waals surface area contributed by atoms with E-state index in [1.807, 2.05) is 30.3 Å². The summed E-state index contributed by atoms with van der Waals surface area (Å²) in [6.07, 6.45) is 1.56. The van der Waals surface area contributed by atoms with Crippen molar-refractivity contribution in [3.63, 3.8) is 0 Å². The van der Waals surface area contributed by atoms with Gasteiger partial charge in [0.15, 0.2) is 0 Å². The van der Waals surface area contributed by atoms with E-state index in [2.05, 4.69) is 15.9 Å². The van der Waals surface area contributed by atoms with E-state index in [-0.39, 0.29) is 11.1 Å². The Morgan fingerprint density at radius 2 is 1.69 bits per heavy atom. The van der Waals surface area contributed by atoms with Crippen molar-refractivity contribution in [2.24, 2.45) is 0 Å². The Morgan fingerprint density at radius 1 is 1.00 bits per heavy atom. The predicted octanol–water partition coefficient (Wildman–Crippen LogP) is 5.51. The lowest BCUT2D eigenvalue weighted by Crippen LogP contribution is -2.42. The Hall–Kier alpha value is -3.89. The average molecular weight is 489 g/mol. The fourth-order valence-electron chi connectivity index (χ4n) is 3.39. The Bertz CT molecular complexity index is 1310. The molecule has 158 valence electrons. The molecule has 0 N–H and O–H groups in total. The molecule has 6 nitrogen and oxygen atoms in total. The standard InChI is InChI=1S/C25H17BrN2O4/c1-15-21(13-20-11-12-23(32-20)16-3-5-17(26)6-4-16)24(29)28(25(30)22(15)14-27)18-7-9-19(31-2)10-8-18/h3-13H,1-2H3/b21-13-. The lowest BCUT2D eigenvalue weighted by atomic mass is 9.94. The number of halogens is 1. The average Bonchev–Trinajstić information content (AvgIpc) is 3.27. The third-order valence-corrected chi connectivity index (χ3v) is 5.64. The van der Waals surface area contributed by atoms with Crippen LogP contribution in [0.3, 0.4) is 0 Å². The van der Waals surface area contributed by atoms with Gasteiger partial charge < -0.3 is 9.15 Å². The van der Waals surface area contributed by atoms with Crippen LogP contribution in [0.1, 0.15) is 12.7 Å². The van der Waals surface area contributed by atoms with Gasteiger partial charge in [0.2, 0.25) is 0 Å². The summed E-state index contributed by atoms with van der Waals surface area (Å²) in [5.41, 5.74) is 1.67. The molecule has 2 aromatic carbocycles. The maximum atomic E-state index is 13.3. The van der Waals surface area contributed by atoms with Crippen molar-refractivity contribution in [1.29, 1.82) is 5.26 Å². The van der Waals surface area contributed by atoms with Crippen molar-refractivity contribution < 1.29 is 18.7 Å². The predicted molar refractivity (Wildman–Crippen MR) is 124 cm³/mol. The SMILES string of the molecule is COc1ccc(N2C(=O)C(C#N)=C(C)/C(=C/c3ccc(-c4ccc(Br)cc4)o3)C2=O)cc1. The van der Waals surface area contributed by atoms with Crippen LogP contribution in [0.25, 0.3) is 17.4 Å². The second-order valence-corrected chi connectivity index (χ2v) is 7.94. The molecule has 4 rings (SSSR count). The van der Waals surface area contributed by atoms with Crippen LogP contribution in [-0.4, -0.2) is 18.9 Å². The normalized spacial score (nSPS) is 15.3. The van der Waals surface area contributed by atoms with E-state index in [1.165, 1.54) is 7.11 Å². The van der Waals surface area contributed by atoms with Crippen LogP contribution in [0.5, 0.6) is 5.75 Å². The van der Waals surface area contributed by atoms with Crippen LogP contribution in [0.15, 0.2) is 86.3 Å². The zero-order chi connectivity index (χ0) is 22.8. The van der Waals surface area contributed by atoms with E-state index in [0.717, 1.165) is 14.9 Å². The van der Waals surface area contributed by atoms with Gasteiger partial charge in [-0.1, -0.05) is 28.1 Å². The van der Waals surface area contributed by atoms with Gasteiger partial charge in [0.25, 0.3) is 11.8 Å². The van der Waals surface area contributed by atoms with Gasteiger partial charge in [-0.05, 0) is 67.1 Å². The third kappa shape index (κ3) is 3.88. The molecule has 1 aliphatic heterocycles. The summed E-state index contributed by atoms with van der Waals surface area (Å²) in [4.78, 5) is 27.2. The molecular formula is C25H17BrN2O4. The highest BCUT2D eigenvalue weighted by Gasteiger charge is 2.36. The number of carbonyl (C=O) groups excluding carboxylic acids is 2. The van der Waals surface area contributed by atoms with Gasteiger partial charge in [0.05, 0.1) is 12.8 Å². The summed E-state index contributed by atoms with van der Waals surface area (Å²) in [6, 6.07) is 19.6. The van der Waals surface area contributed by atoms with Crippen LogP contribution < -0.4 is 9.64 Å². The molecule has 0 saturated heterocycles. The second-order valence-electron chi connectivity index (χ2n) is 7.02. The van der Waals surface area contributed by atoms with Gasteiger partial charge in [-0.3, -0.25) is 9.59 Å². The topological polar surface area (TPSA) is 83.5 Å². The quantitative estimate of drug-likeness (QED) is 0.356. The summed E-state index contributed by atoms with van der Waals surface area (Å²) in [7, 11) is 1.53. The minimum Gasteiger partial charge on any atom is -0.497 e.